The van der Waals surface area contributed by atoms with Crippen molar-refractivity contribution in [1.29, 1.82) is 0 Å². The summed E-state index contributed by atoms with van der Waals surface area (Å²) in [4.78, 5) is 33.4. The average Bonchev–Trinajstić information content (AvgIpc) is 2.86. The van der Waals surface area contributed by atoms with E-state index >= 15 is 0 Å². The monoisotopic (exact) mass is 313 g/mol. The van der Waals surface area contributed by atoms with Crippen molar-refractivity contribution in [2.75, 3.05) is 0 Å². The molecule has 1 unspecified atom stereocenters. The zero-order valence-electron chi connectivity index (χ0n) is 11.7. The fraction of sp³-hybridized carbons (Fsp3) is 0.462. The first-order valence-electron chi connectivity index (χ1n) is 6.47. The summed E-state index contributed by atoms with van der Waals surface area (Å²) >= 11 is 1.57. The minimum atomic E-state index is -1.20. The van der Waals surface area contributed by atoms with Crippen LogP contribution in [0.3, 0.4) is 0 Å². The molecule has 5 N–H and O–H groups in total. The Bertz CT molecular complexity index is 490. The summed E-state index contributed by atoms with van der Waals surface area (Å²) in [6, 6.07) is 0.124. The summed E-state index contributed by atoms with van der Waals surface area (Å²) in [5.41, 5.74) is 6.08. The number of hydrogen-bond donors (Lipinski definition) is 4. The van der Waals surface area contributed by atoms with E-state index in [0.29, 0.717) is 6.42 Å². The fourth-order valence-electron chi connectivity index (χ4n) is 1.78. The van der Waals surface area contributed by atoms with Gasteiger partial charge in [-0.25, -0.2) is 9.59 Å². The third-order valence-electron chi connectivity index (χ3n) is 2.78. The van der Waals surface area contributed by atoms with E-state index in [1.807, 2.05) is 23.8 Å². The van der Waals surface area contributed by atoms with E-state index in [2.05, 4.69) is 10.6 Å². The van der Waals surface area contributed by atoms with Crippen LogP contribution in [0.4, 0.5) is 4.79 Å². The van der Waals surface area contributed by atoms with E-state index in [4.69, 9.17) is 10.8 Å². The van der Waals surface area contributed by atoms with Gasteiger partial charge in [-0.2, -0.15) is 11.3 Å². The van der Waals surface area contributed by atoms with Gasteiger partial charge in [0, 0.05) is 12.5 Å². The van der Waals surface area contributed by atoms with Gasteiger partial charge in [-0.3, -0.25) is 4.79 Å². The molecule has 3 amide bonds. The van der Waals surface area contributed by atoms with Crippen LogP contribution in [-0.4, -0.2) is 35.1 Å². The Balaban J connectivity index is 2.42. The van der Waals surface area contributed by atoms with Gasteiger partial charge in [0.15, 0.2) is 0 Å². The lowest BCUT2D eigenvalue weighted by molar-refractivity contribution is -0.139. The second kappa shape index (κ2) is 8.25. The average molecular weight is 313 g/mol. The summed E-state index contributed by atoms with van der Waals surface area (Å²) in [7, 11) is 0. The molecular formula is C13H19N3O4S. The third kappa shape index (κ3) is 6.75. The molecule has 2 atom stereocenters. The molecule has 1 rings (SSSR count). The molecule has 116 valence electrons. The van der Waals surface area contributed by atoms with Crippen LogP contribution in [-0.2, 0) is 16.0 Å². The van der Waals surface area contributed by atoms with Crippen molar-refractivity contribution in [2.45, 2.75) is 38.3 Å². The number of hydrogen-bond acceptors (Lipinski definition) is 4. The molecule has 0 fully saturated rings. The van der Waals surface area contributed by atoms with Crippen LogP contribution in [0.1, 0.15) is 25.3 Å². The SMILES string of the molecule is CC(Cc1ccsc1)NC(=O)N[C@H](CCC(N)=O)C(=O)O. The Kier molecular flexibility index (Phi) is 6.67. The molecule has 8 heteroatoms. The number of rotatable bonds is 8. The van der Waals surface area contributed by atoms with E-state index in [-0.39, 0.29) is 18.9 Å². The molecule has 0 radical (unpaired) electrons. The lowest BCUT2D eigenvalue weighted by Gasteiger charge is -2.17. The van der Waals surface area contributed by atoms with Crippen LogP contribution in [0.15, 0.2) is 16.8 Å². The summed E-state index contributed by atoms with van der Waals surface area (Å²) in [6.07, 6.45) is 0.536. The van der Waals surface area contributed by atoms with Crippen molar-refractivity contribution in [1.82, 2.24) is 10.6 Å². The number of carbonyl (C=O) groups excluding carboxylic acids is 2. The molecule has 1 aromatic rings. The number of carboxylic acids is 1. The van der Waals surface area contributed by atoms with Crippen LogP contribution in [0.5, 0.6) is 0 Å². The molecule has 0 saturated heterocycles. The van der Waals surface area contributed by atoms with Crippen molar-refractivity contribution in [3.05, 3.63) is 22.4 Å². The van der Waals surface area contributed by atoms with E-state index in [0.717, 1.165) is 5.56 Å². The number of aliphatic carboxylic acids is 1. The molecule has 0 bridgehead atoms. The van der Waals surface area contributed by atoms with E-state index < -0.39 is 23.9 Å². The van der Waals surface area contributed by atoms with Gasteiger partial charge in [0.1, 0.15) is 6.04 Å². The van der Waals surface area contributed by atoms with Crippen molar-refractivity contribution in [3.63, 3.8) is 0 Å². The molecule has 1 heterocycles. The van der Waals surface area contributed by atoms with Crippen LogP contribution in [0.25, 0.3) is 0 Å². The van der Waals surface area contributed by atoms with Crippen molar-refractivity contribution >= 4 is 29.2 Å². The minimum absolute atomic E-state index is 0.0308. The Morgan fingerprint density at radius 2 is 2.10 bits per heavy atom. The van der Waals surface area contributed by atoms with Crippen LogP contribution < -0.4 is 16.4 Å². The number of carboxylic acid groups (broad SMARTS) is 1. The van der Waals surface area contributed by atoms with Crippen molar-refractivity contribution < 1.29 is 19.5 Å². The van der Waals surface area contributed by atoms with Crippen molar-refractivity contribution in [3.8, 4) is 0 Å². The number of amides is 3. The number of thiophene rings is 1. The zero-order chi connectivity index (χ0) is 15.8. The van der Waals surface area contributed by atoms with Gasteiger partial charge in [-0.15, -0.1) is 0 Å². The highest BCUT2D eigenvalue weighted by Crippen LogP contribution is 2.08. The molecule has 0 aliphatic heterocycles. The normalized spacial score (nSPS) is 13.2. The Hall–Kier alpha value is -2.09. The summed E-state index contributed by atoms with van der Waals surface area (Å²) < 4.78 is 0. The predicted molar refractivity (Wildman–Crippen MR) is 79.0 cm³/mol. The molecule has 1 aromatic heterocycles. The maximum atomic E-state index is 11.7. The highest BCUT2D eigenvalue weighted by molar-refractivity contribution is 7.07. The van der Waals surface area contributed by atoms with Gasteiger partial charge in [0.2, 0.25) is 5.91 Å². The third-order valence-corrected chi connectivity index (χ3v) is 3.51. The Morgan fingerprint density at radius 3 is 2.62 bits per heavy atom. The zero-order valence-corrected chi connectivity index (χ0v) is 12.5. The number of carbonyl (C=O) groups is 3. The molecular weight excluding hydrogens is 294 g/mol. The van der Waals surface area contributed by atoms with E-state index in [1.165, 1.54) is 0 Å². The largest absolute Gasteiger partial charge is 0.480 e. The fourth-order valence-corrected chi connectivity index (χ4v) is 2.46. The second-order valence-electron chi connectivity index (χ2n) is 4.75. The lowest BCUT2D eigenvalue weighted by atomic mass is 10.1. The molecule has 0 saturated carbocycles. The lowest BCUT2D eigenvalue weighted by Crippen LogP contribution is -2.49. The van der Waals surface area contributed by atoms with E-state index in [9.17, 15) is 14.4 Å². The van der Waals surface area contributed by atoms with Crippen LogP contribution in [0, 0.1) is 0 Å². The Labute approximate surface area is 126 Å². The number of urea groups is 1. The smallest absolute Gasteiger partial charge is 0.326 e. The highest BCUT2D eigenvalue weighted by Gasteiger charge is 2.21. The maximum absolute atomic E-state index is 11.7. The number of nitrogens with one attached hydrogen (secondary N) is 2. The van der Waals surface area contributed by atoms with Gasteiger partial charge in [0.05, 0.1) is 0 Å². The number of primary amides is 1. The molecule has 0 aliphatic rings. The molecule has 0 spiro atoms. The van der Waals surface area contributed by atoms with E-state index in [1.54, 1.807) is 11.3 Å². The first kappa shape index (κ1) is 17.0. The van der Waals surface area contributed by atoms with Gasteiger partial charge in [0.25, 0.3) is 0 Å². The minimum Gasteiger partial charge on any atom is -0.480 e. The molecule has 7 nitrogen and oxygen atoms in total. The second-order valence-corrected chi connectivity index (χ2v) is 5.53. The van der Waals surface area contributed by atoms with Crippen LogP contribution in [0.2, 0.25) is 0 Å². The summed E-state index contributed by atoms with van der Waals surface area (Å²) in [5, 5.41) is 17.9. The topological polar surface area (TPSA) is 122 Å². The predicted octanol–water partition coefficient (Wildman–Crippen LogP) is 0.697. The first-order valence-corrected chi connectivity index (χ1v) is 7.42. The van der Waals surface area contributed by atoms with Gasteiger partial charge in [-0.1, -0.05) is 0 Å². The number of nitrogens with two attached hydrogens (primary N) is 1. The maximum Gasteiger partial charge on any atom is 0.326 e. The first-order chi connectivity index (χ1) is 9.88. The van der Waals surface area contributed by atoms with Gasteiger partial charge >= 0.3 is 12.0 Å². The summed E-state index contributed by atoms with van der Waals surface area (Å²) in [6.45, 7) is 1.83. The summed E-state index contributed by atoms with van der Waals surface area (Å²) in [5.74, 6) is -1.80. The Morgan fingerprint density at radius 1 is 1.38 bits per heavy atom. The molecule has 0 aliphatic carbocycles. The highest BCUT2D eigenvalue weighted by atomic mass is 32.1. The van der Waals surface area contributed by atoms with Gasteiger partial charge in [-0.05, 0) is 42.2 Å². The van der Waals surface area contributed by atoms with Crippen molar-refractivity contribution in [2.24, 2.45) is 5.73 Å². The van der Waals surface area contributed by atoms with Crippen LogP contribution >= 0.6 is 11.3 Å². The van der Waals surface area contributed by atoms with Gasteiger partial charge < -0.3 is 21.5 Å². The quantitative estimate of drug-likeness (QED) is 0.564. The standard InChI is InChI=1S/C13H19N3O4S/c1-8(6-9-4-5-21-7-9)15-13(20)16-10(12(18)19)2-3-11(14)17/h4-5,7-8,10H,2-3,6H2,1H3,(H2,14,17)(H,18,19)(H2,15,16,20)/t8?,10-/m1/s1. The molecule has 0 aromatic carbocycles. The molecule has 21 heavy (non-hydrogen) atoms.